The van der Waals surface area contributed by atoms with E-state index in [4.69, 9.17) is 4.74 Å². The maximum absolute atomic E-state index is 13.6. The standard InChI is InChI=1S/C16H15FO3/c1-11-5-4-7-13(9-11)20-15(16(18)19)10-12-6-2-3-8-14(12)17/h2-9,15H,10H2,1H3,(H,18,19)/t15-/m0/s1. The summed E-state index contributed by atoms with van der Waals surface area (Å²) in [6.07, 6.45) is -1.13. The minimum Gasteiger partial charge on any atom is -0.478 e. The fourth-order valence-electron chi connectivity index (χ4n) is 1.90. The van der Waals surface area contributed by atoms with Crippen LogP contribution in [0.2, 0.25) is 0 Å². The van der Waals surface area contributed by atoms with Crippen molar-refractivity contribution < 1.29 is 19.0 Å². The van der Waals surface area contributed by atoms with Crippen LogP contribution >= 0.6 is 0 Å². The molecule has 2 aromatic rings. The number of halogens is 1. The summed E-state index contributed by atoms with van der Waals surface area (Å²) in [7, 11) is 0. The number of rotatable bonds is 5. The molecule has 0 heterocycles. The second-order valence-corrected chi connectivity index (χ2v) is 4.56. The van der Waals surface area contributed by atoms with E-state index in [9.17, 15) is 14.3 Å². The predicted octanol–water partition coefficient (Wildman–Crippen LogP) is 3.21. The molecule has 1 N–H and O–H groups in total. The van der Waals surface area contributed by atoms with E-state index in [1.165, 1.54) is 6.07 Å². The highest BCUT2D eigenvalue weighted by Crippen LogP contribution is 2.17. The average Bonchev–Trinajstić information content (AvgIpc) is 2.40. The Hall–Kier alpha value is -2.36. The molecule has 1 atom stereocenters. The van der Waals surface area contributed by atoms with E-state index < -0.39 is 17.9 Å². The summed E-state index contributed by atoms with van der Waals surface area (Å²) in [6, 6.07) is 13.2. The van der Waals surface area contributed by atoms with Crippen LogP contribution in [0.15, 0.2) is 48.5 Å². The third-order valence-corrected chi connectivity index (χ3v) is 2.91. The Labute approximate surface area is 116 Å². The Bertz CT molecular complexity index is 610. The third-order valence-electron chi connectivity index (χ3n) is 2.91. The molecule has 2 aromatic carbocycles. The second kappa shape index (κ2) is 6.19. The zero-order valence-electron chi connectivity index (χ0n) is 11.0. The van der Waals surface area contributed by atoms with Gasteiger partial charge in [-0.25, -0.2) is 9.18 Å². The molecule has 0 saturated heterocycles. The molecule has 20 heavy (non-hydrogen) atoms. The largest absolute Gasteiger partial charge is 0.478 e. The highest BCUT2D eigenvalue weighted by atomic mass is 19.1. The van der Waals surface area contributed by atoms with Gasteiger partial charge in [0.2, 0.25) is 0 Å². The lowest BCUT2D eigenvalue weighted by Crippen LogP contribution is -2.29. The molecule has 2 rings (SSSR count). The fraction of sp³-hybridized carbons (Fsp3) is 0.188. The topological polar surface area (TPSA) is 46.5 Å². The molecule has 0 aliphatic heterocycles. The number of carbonyl (C=O) groups is 1. The lowest BCUT2D eigenvalue weighted by Gasteiger charge is -2.16. The van der Waals surface area contributed by atoms with E-state index in [0.29, 0.717) is 11.3 Å². The van der Waals surface area contributed by atoms with E-state index in [1.807, 2.05) is 13.0 Å². The first-order valence-electron chi connectivity index (χ1n) is 6.26. The Morgan fingerprint density at radius 3 is 2.65 bits per heavy atom. The Morgan fingerprint density at radius 1 is 1.25 bits per heavy atom. The smallest absolute Gasteiger partial charge is 0.345 e. The predicted molar refractivity (Wildman–Crippen MR) is 73.3 cm³/mol. The summed E-state index contributed by atoms with van der Waals surface area (Å²) in [5.74, 6) is -1.07. The Morgan fingerprint density at radius 2 is 2.00 bits per heavy atom. The number of hydrogen-bond acceptors (Lipinski definition) is 2. The van der Waals surface area contributed by atoms with Gasteiger partial charge >= 0.3 is 5.97 Å². The molecule has 0 radical (unpaired) electrons. The van der Waals surface area contributed by atoms with Crippen molar-refractivity contribution >= 4 is 5.97 Å². The maximum atomic E-state index is 13.6. The van der Waals surface area contributed by atoms with E-state index in [-0.39, 0.29) is 6.42 Å². The van der Waals surface area contributed by atoms with Crippen LogP contribution in [0.3, 0.4) is 0 Å². The number of carboxylic acids is 1. The minimum absolute atomic E-state index is 0.0179. The highest BCUT2D eigenvalue weighted by Gasteiger charge is 2.21. The van der Waals surface area contributed by atoms with Crippen molar-refractivity contribution in [1.82, 2.24) is 0 Å². The van der Waals surface area contributed by atoms with Gasteiger partial charge in [-0.3, -0.25) is 0 Å². The van der Waals surface area contributed by atoms with Gasteiger partial charge in [-0.1, -0.05) is 30.3 Å². The number of benzene rings is 2. The molecule has 0 aromatic heterocycles. The molecule has 4 heteroatoms. The summed E-state index contributed by atoms with van der Waals surface area (Å²) in [5.41, 5.74) is 1.30. The molecular formula is C16H15FO3. The molecule has 0 spiro atoms. The van der Waals surface area contributed by atoms with Crippen LogP contribution in [0.5, 0.6) is 5.75 Å². The average molecular weight is 274 g/mol. The van der Waals surface area contributed by atoms with Crippen LogP contribution in [0.4, 0.5) is 4.39 Å². The second-order valence-electron chi connectivity index (χ2n) is 4.56. The Kier molecular flexibility index (Phi) is 4.35. The first-order valence-corrected chi connectivity index (χ1v) is 6.26. The lowest BCUT2D eigenvalue weighted by molar-refractivity contribution is -0.145. The molecule has 104 valence electrons. The molecule has 3 nitrogen and oxygen atoms in total. The summed E-state index contributed by atoms with van der Waals surface area (Å²) in [6.45, 7) is 1.89. The van der Waals surface area contributed by atoms with E-state index in [1.54, 1.807) is 36.4 Å². The normalized spacial score (nSPS) is 11.9. The van der Waals surface area contributed by atoms with Crippen LogP contribution in [0.1, 0.15) is 11.1 Å². The van der Waals surface area contributed by atoms with E-state index in [0.717, 1.165) is 5.56 Å². The van der Waals surface area contributed by atoms with Crippen LogP contribution in [-0.4, -0.2) is 17.2 Å². The highest BCUT2D eigenvalue weighted by molar-refractivity contribution is 5.73. The Balaban J connectivity index is 2.16. The molecule has 0 aliphatic rings. The van der Waals surface area contributed by atoms with Gasteiger partial charge in [-0.2, -0.15) is 0 Å². The monoisotopic (exact) mass is 274 g/mol. The number of carboxylic acid groups (broad SMARTS) is 1. The van der Waals surface area contributed by atoms with Crippen molar-refractivity contribution in [3.05, 3.63) is 65.5 Å². The summed E-state index contributed by atoms with van der Waals surface area (Å²) < 4.78 is 19.0. The van der Waals surface area contributed by atoms with Gasteiger partial charge < -0.3 is 9.84 Å². The van der Waals surface area contributed by atoms with Gasteiger partial charge in [0.1, 0.15) is 11.6 Å². The quantitative estimate of drug-likeness (QED) is 0.910. The van der Waals surface area contributed by atoms with Crippen LogP contribution in [0, 0.1) is 12.7 Å². The zero-order valence-corrected chi connectivity index (χ0v) is 11.0. The molecular weight excluding hydrogens is 259 g/mol. The minimum atomic E-state index is -1.12. The van der Waals surface area contributed by atoms with Crippen molar-refractivity contribution in [1.29, 1.82) is 0 Å². The molecule has 0 saturated carbocycles. The summed E-state index contributed by atoms with van der Waals surface area (Å²) in [5, 5.41) is 9.21. The molecule has 0 unspecified atom stereocenters. The van der Waals surface area contributed by atoms with Crippen molar-refractivity contribution in [2.75, 3.05) is 0 Å². The van der Waals surface area contributed by atoms with E-state index >= 15 is 0 Å². The van der Waals surface area contributed by atoms with Gasteiger partial charge in [-0.15, -0.1) is 0 Å². The van der Waals surface area contributed by atoms with Gasteiger partial charge in [0, 0.05) is 6.42 Å². The van der Waals surface area contributed by atoms with Crippen molar-refractivity contribution in [2.45, 2.75) is 19.4 Å². The third kappa shape index (κ3) is 3.57. The molecule has 0 fully saturated rings. The maximum Gasteiger partial charge on any atom is 0.345 e. The molecule has 0 amide bonds. The zero-order chi connectivity index (χ0) is 14.5. The van der Waals surface area contributed by atoms with Crippen molar-refractivity contribution in [2.24, 2.45) is 0 Å². The van der Waals surface area contributed by atoms with Gasteiger partial charge in [0.25, 0.3) is 0 Å². The first-order chi connectivity index (χ1) is 9.56. The molecule has 0 aliphatic carbocycles. The summed E-state index contributed by atoms with van der Waals surface area (Å²) >= 11 is 0. The lowest BCUT2D eigenvalue weighted by atomic mass is 10.1. The fourth-order valence-corrected chi connectivity index (χ4v) is 1.90. The van der Waals surface area contributed by atoms with Gasteiger partial charge in [-0.05, 0) is 36.2 Å². The van der Waals surface area contributed by atoms with Crippen molar-refractivity contribution in [3.63, 3.8) is 0 Å². The van der Waals surface area contributed by atoms with Crippen LogP contribution in [-0.2, 0) is 11.2 Å². The first kappa shape index (κ1) is 14.1. The van der Waals surface area contributed by atoms with E-state index in [2.05, 4.69) is 0 Å². The van der Waals surface area contributed by atoms with Crippen LogP contribution in [0.25, 0.3) is 0 Å². The van der Waals surface area contributed by atoms with Gasteiger partial charge in [0.05, 0.1) is 0 Å². The number of aryl methyl sites for hydroxylation is 1. The molecule has 0 bridgehead atoms. The summed E-state index contributed by atoms with van der Waals surface area (Å²) in [4.78, 5) is 11.3. The van der Waals surface area contributed by atoms with Crippen LogP contribution < -0.4 is 4.74 Å². The number of aliphatic carboxylic acids is 1. The van der Waals surface area contributed by atoms with Gasteiger partial charge in [0.15, 0.2) is 6.10 Å². The van der Waals surface area contributed by atoms with Crippen molar-refractivity contribution in [3.8, 4) is 5.75 Å². The SMILES string of the molecule is Cc1cccc(O[C@@H](Cc2ccccc2F)C(=O)O)c1. The number of ether oxygens (including phenoxy) is 1. The number of hydrogen-bond donors (Lipinski definition) is 1.